The topological polar surface area (TPSA) is 58.6 Å². The summed E-state index contributed by atoms with van der Waals surface area (Å²) in [4.78, 5) is 0. The fourth-order valence-corrected chi connectivity index (χ4v) is 3.30. The summed E-state index contributed by atoms with van der Waals surface area (Å²) in [7, 11) is -3.67. The summed E-state index contributed by atoms with van der Waals surface area (Å²) in [5.74, 6) is -1.96. The first-order valence-electron chi connectivity index (χ1n) is 6.20. The van der Waals surface area contributed by atoms with E-state index in [1.165, 1.54) is 10.4 Å². The third-order valence-corrected chi connectivity index (χ3v) is 4.78. The van der Waals surface area contributed by atoms with Gasteiger partial charge in [0.1, 0.15) is 0 Å². The average Bonchev–Trinajstić information content (AvgIpc) is 2.42. The first-order valence-corrected chi connectivity index (χ1v) is 7.64. The molecule has 1 N–H and O–H groups in total. The highest BCUT2D eigenvalue weighted by Crippen LogP contribution is 2.17. The molecule has 1 aliphatic rings. The number of nitrogens with one attached hydrogen (secondary N) is 1. The Labute approximate surface area is 116 Å². The molecule has 1 atom stereocenters. The van der Waals surface area contributed by atoms with Crippen molar-refractivity contribution in [1.82, 2.24) is 9.03 Å². The molecule has 1 fully saturated rings. The third kappa shape index (κ3) is 3.51. The van der Waals surface area contributed by atoms with Crippen LogP contribution < -0.4 is 4.72 Å². The normalized spacial score (nSPS) is 18.9. The van der Waals surface area contributed by atoms with Crippen molar-refractivity contribution in [2.24, 2.45) is 0 Å². The number of nitrogens with zero attached hydrogens (tertiary/aromatic N) is 1. The molecule has 0 aromatic heterocycles. The van der Waals surface area contributed by atoms with Gasteiger partial charge in [-0.2, -0.15) is 17.4 Å². The fourth-order valence-electron chi connectivity index (χ4n) is 1.93. The maximum atomic E-state index is 13.1. The molecule has 1 saturated heterocycles. The molecule has 2 rings (SSSR count). The molecule has 8 heteroatoms. The van der Waals surface area contributed by atoms with Crippen LogP contribution in [-0.4, -0.2) is 39.0 Å². The summed E-state index contributed by atoms with van der Waals surface area (Å²) in [6.45, 7) is 2.82. The van der Waals surface area contributed by atoms with E-state index in [2.05, 4.69) is 4.72 Å². The molecule has 0 bridgehead atoms. The molecule has 1 aromatic rings. The maximum Gasteiger partial charge on any atom is 0.280 e. The molecule has 0 radical (unpaired) electrons. The Balaban J connectivity index is 2.09. The number of hydrogen-bond acceptors (Lipinski definition) is 3. The Morgan fingerprint density at radius 2 is 1.90 bits per heavy atom. The van der Waals surface area contributed by atoms with Gasteiger partial charge in [-0.1, -0.05) is 6.07 Å². The SMILES string of the molecule is CC(NS(=O)(=O)N1CCOCC1)c1ccc(F)c(F)c1. The van der Waals surface area contributed by atoms with E-state index in [1.54, 1.807) is 6.92 Å². The Morgan fingerprint density at radius 1 is 1.25 bits per heavy atom. The number of morpholine rings is 1. The summed E-state index contributed by atoms with van der Waals surface area (Å²) in [6, 6.07) is 2.66. The van der Waals surface area contributed by atoms with Crippen LogP contribution in [0.5, 0.6) is 0 Å². The lowest BCUT2D eigenvalue weighted by Crippen LogP contribution is -2.47. The highest BCUT2D eigenvalue weighted by molar-refractivity contribution is 7.87. The van der Waals surface area contributed by atoms with Gasteiger partial charge >= 0.3 is 0 Å². The van der Waals surface area contributed by atoms with Crippen molar-refractivity contribution < 1.29 is 21.9 Å². The van der Waals surface area contributed by atoms with Crippen molar-refractivity contribution in [3.8, 4) is 0 Å². The monoisotopic (exact) mass is 306 g/mol. The molecular formula is C12H16F2N2O3S. The molecule has 0 aliphatic carbocycles. The van der Waals surface area contributed by atoms with Gasteiger partial charge in [0, 0.05) is 19.1 Å². The Hall–Kier alpha value is -1.09. The van der Waals surface area contributed by atoms with Crippen molar-refractivity contribution >= 4 is 10.2 Å². The van der Waals surface area contributed by atoms with Crippen molar-refractivity contribution in [3.05, 3.63) is 35.4 Å². The number of hydrogen-bond donors (Lipinski definition) is 1. The predicted molar refractivity (Wildman–Crippen MR) is 69.2 cm³/mol. The van der Waals surface area contributed by atoms with Crippen molar-refractivity contribution in [1.29, 1.82) is 0 Å². The van der Waals surface area contributed by atoms with Gasteiger partial charge in [0.05, 0.1) is 13.2 Å². The van der Waals surface area contributed by atoms with Gasteiger partial charge in [-0.15, -0.1) is 0 Å². The summed E-state index contributed by atoms with van der Waals surface area (Å²) >= 11 is 0. The molecule has 0 amide bonds. The van der Waals surface area contributed by atoms with Crippen molar-refractivity contribution in [3.63, 3.8) is 0 Å². The minimum absolute atomic E-state index is 0.278. The number of benzene rings is 1. The van der Waals surface area contributed by atoms with Crippen LogP contribution in [0, 0.1) is 11.6 Å². The molecule has 1 unspecified atom stereocenters. The van der Waals surface area contributed by atoms with Crippen LogP contribution in [0.3, 0.4) is 0 Å². The van der Waals surface area contributed by atoms with Gasteiger partial charge in [0.25, 0.3) is 10.2 Å². The summed E-state index contributed by atoms with van der Waals surface area (Å²) in [5.41, 5.74) is 0.362. The zero-order chi connectivity index (χ0) is 14.8. The van der Waals surface area contributed by atoms with Crippen LogP contribution in [0.15, 0.2) is 18.2 Å². The third-order valence-electron chi connectivity index (χ3n) is 3.08. The zero-order valence-electron chi connectivity index (χ0n) is 11.0. The molecular weight excluding hydrogens is 290 g/mol. The quantitative estimate of drug-likeness (QED) is 0.909. The van der Waals surface area contributed by atoms with E-state index < -0.39 is 27.9 Å². The van der Waals surface area contributed by atoms with Gasteiger partial charge in [-0.3, -0.25) is 0 Å². The maximum absolute atomic E-state index is 13.1. The summed E-state index contributed by atoms with van der Waals surface area (Å²) in [5, 5.41) is 0. The average molecular weight is 306 g/mol. The second kappa shape index (κ2) is 6.13. The van der Waals surface area contributed by atoms with E-state index in [9.17, 15) is 17.2 Å². The zero-order valence-corrected chi connectivity index (χ0v) is 11.8. The van der Waals surface area contributed by atoms with E-state index in [0.717, 1.165) is 12.1 Å². The van der Waals surface area contributed by atoms with Gasteiger partial charge in [0.2, 0.25) is 0 Å². The van der Waals surface area contributed by atoms with Crippen LogP contribution in [0.1, 0.15) is 18.5 Å². The minimum atomic E-state index is -3.67. The minimum Gasteiger partial charge on any atom is -0.379 e. The van der Waals surface area contributed by atoms with Crippen LogP contribution in [0.25, 0.3) is 0 Å². The molecule has 20 heavy (non-hydrogen) atoms. The fraction of sp³-hybridized carbons (Fsp3) is 0.500. The van der Waals surface area contributed by atoms with E-state index >= 15 is 0 Å². The van der Waals surface area contributed by atoms with E-state index in [4.69, 9.17) is 4.74 Å². The van der Waals surface area contributed by atoms with E-state index in [0.29, 0.717) is 18.8 Å². The van der Waals surface area contributed by atoms with E-state index in [1.807, 2.05) is 0 Å². The van der Waals surface area contributed by atoms with Crippen molar-refractivity contribution in [2.45, 2.75) is 13.0 Å². The van der Waals surface area contributed by atoms with Crippen LogP contribution in [0.4, 0.5) is 8.78 Å². The Morgan fingerprint density at radius 3 is 2.50 bits per heavy atom. The van der Waals surface area contributed by atoms with E-state index in [-0.39, 0.29) is 13.1 Å². The van der Waals surface area contributed by atoms with Gasteiger partial charge in [0.15, 0.2) is 11.6 Å². The van der Waals surface area contributed by atoms with Crippen LogP contribution >= 0.6 is 0 Å². The highest BCUT2D eigenvalue weighted by atomic mass is 32.2. The van der Waals surface area contributed by atoms with Gasteiger partial charge in [-0.25, -0.2) is 8.78 Å². The molecule has 0 saturated carbocycles. The standard InChI is InChI=1S/C12H16F2N2O3S/c1-9(10-2-3-11(13)12(14)8-10)15-20(17,18)16-4-6-19-7-5-16/h2-3,8-9,15H,4-7H2,1H3. The molecule has 1 aliphatic heterocycles. The van der Waals surface area contributed by atoms with Crippen LogP contribution in [0.2, 0.25) is 0 Å². The smallest absolute Gasteiger partial charge is 0.280 e. The Bertz CT molecular complexity index is 574. The summed E-state index contributed by atoms with van der Waals surface area (Å²) in [6.07, 6.45) is 0. The molecule has 5 nitrogen and oxygen atoms in total. The Kier molecular flexibility index (Phi) is 4.69. The largest absolute Gasteiger partial charge is 0.379 e. The van der Waals surface area contributed by atoms with Crippen molar-refractivity contribution in [2.75, 3.05) is 26.3 Å². The lowest BCUT2D eigenvalue weighted by Gasteiger charge is -2.27. The molecule has 1 aromatic carbocycles. The first-order chi connectivity index (χ1) is 9.40. The van der Waals surface area contributed by atoms with Crippen LogP contribution in [-0.2, 0) is 14.9 Å². The number of rotatable bonds is 4. The van der Waals surface area contributed by atoms with Gasteiger partial charge < -0.3 is 4.74 Å². The predicted octanol–water partition coefficient (Wildman–Crippen LogP) is 1.19. The van der Waals surface area contributed by atoms with Gasteiger partial charge in [-0.05, 0) is 24.6 Å². The molecule has 1 heterocycles. The molecule has 0 spiro atoms. The highest BCUT2D eigenvalue weighted by Gasteiger charge is 2.26. The second-order valence-electron chi connectivity index (χ2n) is 4.53. The lowest BCUT2D eigenvalue weighted by atomic mass is 10.1. The second-order valence-corrected chi connectivity index (χ2v) is 6.23. The number of ether oxygens (including phenoxy) is 1. The lowest BCUT2D eigenvalue weighted by molar-refractivity contribution is 0.0723. The first kappa shape index (κ1) is 15.3. The summed E-state index contributed by atoms with van der Waals surface area (Å²) < 4.78 is 59.0. The molecule has 112 valence electrons. The number of halogens is 2.